The number of carbonyl (C=O) groups excluding carboxylic acids is 1. The lowest BCUT2D eigenvalue weighted by atomic mass is 10.1. The van der Waals surface area contributed by atoms with Crippen molar-refractivity contribution in [2.45, 2.75) is 26.8 Å². The van der Waals surface area contributed by atoms with Gasteiger partial charge in [-0.15, -0.1) is 0 Å². The van der Waals surface area contributed by atoms with E-state index in [0.717, 1.165) is 33.7 Å². The number of nitrogens with zero attached hydrogens (tertiary/aromatic N) is 1. The summed E-state index contributed by atoms with van der Waals surface area (Å²) in [6.07, 6.45) is 0.658. The Kier molecular flexibility index (Phi) is 7.11. The van der Waals surface area contributed by atoms with Gasteiger partial charge in [-0.1, -0.05) is 30.3 Å². The zero-order valence-corrected chi connectivity index (χ0v) is 20.0. The number of hydrogen-bond donors (Lipinski definition) is 1. The number of anilines is 1. The molecule has 0 fully saturated rings. The van der Waals surface area contributed by atoms with Gasteiger partial charge in [-0.05, 0) is 66.8 Å². The summed E-state index contributed by atoms with van der Waals surface area (Å²) in [5.74, 6) is 2.77. The number of carbonyl (C=O) groups is 1. The molecule has 0 spiro atoms. The number of aryl methyl sites for hydroxylation is 2. The molecule has 0 bridgehead atoms. The first-order valence-electron chi connectivity index (χ1n) is 11.2. The number of fused-ring (bicyclic) bond motifs is 1. The Labute approximate surface area is 200 Å². The third-order valence-electron chi connectivity index (χ3n) is 5.93. The summed E-state index contributed by atoms with van der Waals surface area (Å²) < 4.78 is 21.7. The molecule has 1 aliphatic heterocycles. The van der Waals surface area contributed by atoms with Crippen LogP contribution >= 0.6 is 0 Å². The van der Waals surface area contributed by atoms with E-state index in [-0.39, 0.29) is 12.8 Å². The van der Waals surface area contributed by atoms with Crippen LogP contribution in [0, 0.1) is 13.8 Å². The van der Waals surface area contributed by atoms with Crippen LogP contribution in [0.1, 0.15) is 22.3 Å². The number of nitrogens with one attached hydrogen (secondary N) is 1. The molecular formula is C27H30N2O5. The Morgan fingerprint density at radius 3 is 2.35 bits per heavy atom. The van der Waals surface area contributed by atoms with Gasteiger partial charge in [-0.25, -0.2) is 4.79 Å². The predicted molar refractivity (Wildman–Crippen MR) is 131 cm³/mol. The highest BCUT2D eigenvalue weighted by Gasteiger charge is 2.19. The molecule has 0 saturated carbocycles. The number of rotatable bonds is 8. The third-order valence-corrected chi connectivity index (χ3v) is 5.93. The summed E-state index contributed by atoms with van der Waals surface area (Å²) in [4.78, 5) is 15.2. The van der Waals surface area contributed by atoms with Crippen molar-refractivity contribution < 1.29 is 23.7 Å². The number of methoxy groups -OCH3 is 2. The summed E-state index contributed by atoms with van der Waals surface area (Å²) >= 11 is 0. The number of urea groups is 1. The lowest BCUT2D eigenvalue weighted by molar-refractivity contribution is 0.174. The fourth-order valence-corrected chi connectivity index (χ4v) is 4.01. The molecule has 178 valence electrons. The average Bonchev–Trinajstić information content (AvgIpc) is 3.31. The Morgan fingerprint density at radius 2 is 1.62 bits per heavy atom. The normalized spacial score (nSPS) is 11.8. The summed E-state index contributed by atoms with van der Waals surface area (Å²) in [7, 11) is 3.23. The summed E-state index contributed by atoms with van der Waals surface area (Å²) in [5, 5.41) is 3.11. The minimum absolute atomic E-state index is 0.157. The fraction of sp³-hybridized carbons (Fsp3) is 0.296. The van der Waals surface area contributed by atoms with E-state index in [2.05, 4.69) is 5.32 Å². The first-order valence-corrected chi connectivity index (χ1v) is 11.2. The first kappa shape index (κ1) is 23.3. The van der Waals surface area contributed by atoms with Crippen molar-refractivity contribution in [2.24, 2.45) is 0 Å². The highest BCUT2D eigenvalue weighted by Crippen LogP contribution is 2.33. The average molecular weight is 463 g/mol. The van der Waals surface area contributed by atoms with E-state index < -0.39 is 0 Å². The van der Waals surface area contributed by atoms with Crippen LogP contribution in [0.15, 0.2) is 54.6 Å². The van der Waals surface area contributed by atoms with Crippen molar-refractivity contribution in [3.05, 3.63) is 76.9 Å². The molecule has 0 aromatic heterocycles. The molecule has 0 radical (unpaired) electrons. The molecule has 0 aliphatic carbocycles. The van der Waals surface area contributed by atoms with Crippen LogP contribution in [0.2, 0.25) is 0 Å². The first-order chi connectivity index (χ1) is 16.5. The molecule has 34 heavy (non-hydrogen) atoms. The van der Waals surface area contributed by atoms with Crippen LogP contribution in [0.3, 0.4) is 0 Å². The maximum atomic E-state index is 13.4. The van der Waals surface area contributed by atoms with Crippen molar-refractivity contribution in [2.75, 3.05) is 32.9 Å². The molecule has 3 aromatic rings. The quantitative estimate of drug-likeness (QED) is 0.490. The summed E-state index contributed by atoms with van der Waals surface area (Å²) in [6.45, 7) is 5.15. The van der Waals surface area contributed by atoms with E-state index in [1.165, 1.54) is 0 Å². The lowest BCUT2D eigenvalue weighted by Crippen LogP contribution is -2.36. The number of hydrogen-bond acceptors (Lipinski definition) is 5. The topological polar surface area (TPSA) is 69.3 Å². The van der Waals surface area contributed by atoms with Crippen LogP contribution in [0.5, 0.6) is 23.0 Å². The SMILES string of the molecule is COc1ccc(CCN(Cc2ccc3c(c2)OCO3)C(=O)Nc2c(C)cccc2C)cc1OC. The zero-order valence-electron chi connectivity index (χ0n) is 20.0. The van der Waals surface area contributed by atoms with Gasteiger partial charge >= 0.3 is 6.03 Å². The van der Waals surface area contributed by atoms with E-state index >= 15 is 0 Å². The van der Waals surface area contributed by atoms with Crippen LogP contribution in [0.4, 0.5) is 10.5 Å². The Hall–Kier alpha value is -3.87. The van der Waals surface area contributed by atoms with E-state index in [0.29, 0.717) is 36.8 Å². The van der Waals surface area contributed by atoms with Crippen molar-refractivity contribution in [3.8, 4) is 23.0 Å². The second-order valence-corrected chi connectivity index (χ2v) is 8.25. The van der Waals surface area contributed by atoms with Gasteiger partial charge in [0.1, 0.15) is 0 Å². The predicted octanol–water partition coefficient (Wildman–Crippen LogP) is 5.33. The van der Waals surface area contributed by atoms with Crippen molar-refractivity contribution >= 4 is 11.7 Å². The second-order valence-electron chi connectivity index (χ2n) is 8.25. The summed E-state index contributed by atoms with van der Waals surface area (Å²) in [6, 6.07) is 17.4. The van der Waals surface area contributed by atoms with Gasteiger partial charge in [0.25, 0.3) is 0 Å². The molecule has 7 heteroatoms. The highest BCUT2D eigenvalue weighted by molar-refractivity contribution is 5.91. The van der Waals surface area contributed by atoms with Gasteiger partial charge < -0.3 is 29.2 Å². The second kappa shape index (κ2) is 10.4. The number of amides is 2. The fourth-order valence-electron chi connectivity index (χ4n) is 4.01. The van der Waals surface area contributed by atoms with Crippen LogP contribution in [-0.2, 0) is 13.0 Å². The Bertz CT molecular complexity index is 1160. The maximum absolute atomic E-state index is 13.4. The standard InChI is InChI=1S/C27H30N2O5/c1-18-6-5-7-19(2)26(18)28-27(30)29(16-21-9-11-23-25(15-21)34-17-33-23)13-12-20-8-10-22(31-3)24(14-20)32-4/h5-11,14-15H,12-13,16-17H2,1-4H3,(H,28,30). The molecular weight excluding hydrogens is 432 g/mol. The highest BCUT2D eigenvalue weighted by atomic mass is 16.7. The maximum Gasteiger partial charge on any atom is 0.322 e. The molecule has 1 N–H and O–H groups in total. The molecule has 3 aromatic carbocycles. The Morgan fingerprint density at radius 1 is 0.912 bits per heavy atom. The van der Waals surface area contributed by atoms with Gasteiger partial charge in [-0.3, -0.25) is 0 Å². The van der Waals surface area contributed by atoms with Crippen LogP contribution < -0.4 is 24.3 Å². The van der Waals surface area contributed by atoms with Crippen molar-refractivity contribution in [1.29, 1.82) is 0 Å². The molecule has 7 nitrogen and oxygen atoms in total. The monoisotopic (exact) mass is 462 g/mol. The largest absolute Gasteiger partial charge is 0.493 e. The molecule has 0 atom stereocenters. The lowest BCUT2D eigenvalue weighted by Gasteiger charge is -2.25. The Balaban J connectivity index is 1.55. The molecule has 4 rings (SSSR count). The van der Waals surface area contributed by atoms with E-state index in [1.807, 2.05) is 68.4 Å². The van der Waals surface area contributed by atoms with E-state index in [4.69, 9.17) is 18.9 Å². The van der Waals surface area contributed by atoms with Gasteiger partial charge in [0.15, 0.2) is 23.0 Å². The molecule has 0 saturated heterocycles. The van der Waals surface area contributed by atoms with Crippen LogP contribution in [-0.4, -0.2) is 38.5 Å². The third kappa shape index (κ3) is 5.20. The minimum Gasteiger partial charge on any atom is -0.493 e. The van der Waals surface area contributed by atoms with Gasteiger partial charge in [0.05, 0.1) is 14.2 Å². The van der Waals surface area contributed by atoms with Crippen LogP contribution in [0.25, 0.3) is 0 Å². The number of para-hydroxylation sites is 1. The van der Waals surface area contributed by atoms with Gasteiger partial charge in [0.2, 0.25) is 6.79 Å². The van der Waals surface area contributed by atoms with Crippen molar-refractivity contribution in [3.63, 3.8) is 0 Å². The van der Waals surface area contributed by atoms with Gasteiger partial charge in [0, 0.05) is 18.8 Å². The van der Waals surface area contributed by atoms with Gasteiger partial charge in [-0.2, -0.15) is 0 Å². The molecule has 0 unspecified atom stereocenters. The zero-order chi connectivity index (χ0) is 24.1. The molecule has 1 aliphatic rings. The minimum atomic E-state index is -0.157. The molecule has 2 amide bonds. The van der Waals surface area contributed by atoms with Crippen molar-refractivity contribution in [1.82, 2.24) is 4.90 Å². The number of ether oxygens (including phenoxy) is 4. The number of benzene rings is 3. The van der Waals surface area contributed by atoms with E-state index in [1.54, 1.807) is 19.1 Å². The summed E-state index contributed by atoms with van der Waals surface area (Å²) in [5.41, 5.74) is 4.91. The smallest absolute Gasteiger partial charge is 0.322 e. The van der Waals surface area contributed by atoms with E-state index in [9.17, 15) is 4.79 Å². The molecule has 1 heterocycles.